The lowest BCUT2D eigenvalue weighted by Crippen LogP contribution is -2.31. The van der Waals surface area contributed by atoms with E-state index in [0.29, 0.717) is 19.0 Å². The van der Waals surface area contributed by atoms with Crippen molar-refractivity contribution in [2.24, 2.45) is 10.8 Å². The summed E-state index contributed by atoms with van der Waals surface area (Å²) < 4.78 is 4.96. The Labute approximate surface area is 109 Å². The Balaban J connectivity index is 2.85. The van der Waals surface area contributed by atoms with Crippen LogP contribution >= 0.6 is 0 Å². The molecule has 0 saturated heterocycles. The molecule has 0 atom stereocenters. The molecule has 0 amide bonds. The highest BCUT2D eigenvalue weighted by Crippen LogP contribution is 2.22. The van der Waals surface area contributed by atoms with Gasteiger partial charge < -0.3 is 10.2 Å². The Morgan fingerprint density at radius 2 is 1.89 bits per heavy atom. The summed E-state index contributed by atoms with van der Waals surface area (Å²) in [5.41, 5.74) is 5.06. The van der Waals surface area contributed by atoms with Gasteiger partial charge in [-0.15, -0.1) is 0 Å². The summed E-state index contributed by atoms with van der Waals surface area (Å²) in [5, 5.41) is 0. The minimum Gasteiger partial charge on any atom is -0.383 e. The molecule has 3 N–H and O–H groups in total. The molecule has 0 spiro atoms. The first-order chi connectivity index (χ1) is 8.49. The van der Waals surface area contributed by atoms with Crippen molar-refractivity contribution in [2.45, 2.75) is 26.2 Å². The van der Waals surface area contributed by atoms with Gasteiger partial charge >= 0.3 is 0 Å². The van der Waals surface area contributed by atoms with Gasteiger partial charge in [0.15, 0.2) is 0 Å². The number of hydrazine groups is 1. The molecule has 4 nitrogen and oxygen atoms in total. The predicted octanol–water partition coefficient (Wildman–Crippen LogP) is 1.84. The molecular weight excluding hydrogens is 226 g/mol. The monoisotopic (exact) mass is 249 g/mol. The fraction of sp³-hybridized carbons (Fsp3) is 0.500. The number of aliphatic imine (C=N–C) groups is 1. The summed E-state index contributed by atoms with van der Waals surface area (Å²) in [6.45, 7) is 7.76. The smallest absolute Gasteiger partial charge is 0.142 e. The molecule has 0 saturated carbocycles. The second-order valence-corrected chi connectivity index (χ2v) is 5.19. The number of methoxy groups -OCH3 is 1. The molecule has 18 heavy (non-hydrogen) atoms. The van der Waals surface area contributed by atoms with Crippen LogP contribution in [0.3, 0.4) is 0 Å². The summed E-state index contributed by atoms with van der Waals surface area (Å²) in [6.07, 6.45) is 0. The Bertz CT molecular complexity index is 390. The van der Waals surface area contributed by atoms with E-state index in [2.05, 4.69) is 43.3 Å². The van der Waals surface area contributed by atoms with E-state index in [9.17, 15) is 0 Å². The molecule has 0 radical (unpaired) electrons. The summed E-state index contributed by atoms with van der Waals surface area (Å²) in [4.78, 5) is 4.35. The maximum atomic E-state index is 5.49. The van der Waals surface area contributed by atoms with Crippen LogP contribution in [0.1, 0.15) is 31.9 Å². The first-order valence-electron chi connectivity index (χ1n) is 6.10. The van der Waals surface area contributed by atoms with Gasteiger partial charge in [0.05, 0.1) is 13.2 Å². The number of rotatable bonds is 4. The van der Waals surface area contributed by atoms with E-state index in [1.165, 1.54) is 5.56 Å². The Morgan fingerprint density at radius 3 is 2.33 bits per heavy atom. The number of hydrogen-bond acceptors (Lipinski definition) is 3. The molecule has 100 valence electrons. The molecule has 4 heteroatoms. The van der Waals surface area contributed by atoms with Crippen molar-refractivity contribution in [1.29, 1.82) is 0 Å². The quantitative estimate of drug-likeness (QED) is 0.281. The molecule has 0 fully saturated rings. The zero-order valence-electron chi connectivity index (χ0n) is 11.7. The maximum Gasteiger partial charge on any atom is 0.142 e. The van der Waals surface area contributed by atoms with Crippen LogP contribution < -0.4 is 11.3 Å². The van der Waals surface area contributed by atoms with Crippen LogP contribution in [0.2, 0.25) is 0 Å². The minimum atomic E-state index is 0.155. The van der Waals surface area contributed by atoms with Crippen molar-refractivity contribution in [3.05, 3.63) is 35.4 Å². The standard InChI is InChI=1S/C14H23N3O/c1-14(2,3)12-7-5-11(6-8-12)13(17-15)16-9-10-18-4/h5-8H,9-10,15H2,1-4H3,(H,16,17). The lowest BCUT2D eigenvalue weighted by molar-refractivity contribution is 0.208. The van der Waals surface area contributed by atoms with Gasteiger partial charge in [0.25, 0.3) is 0 Å². The van der Waals surface area contributed by atoms with E-state index in [4.69, 9.17) is 10.6 Å². The molecule has 0 bridgehead atoms. The van der Waals surface area contributed by atoms with Crippen LogP contribution in [0.4, 0.5) is 0 Å². The van der Waals surface area contributed by atoms with Crippen LogP contribution in [0.25, 0.3) is 0 Å². The predicted molar refractivity (Wildman–Crippen MR) is 75.7 cm³/mol. The van der Waals surface area contributed by atoms with Gasteiger partial charge in [0.2, 0.25) is 0 Å². The lowest BCUT2D eigenvalue weighted by Gasteiger charge is -2.19. The molecule has 0 aromatic heterocycles. The SMILES string of the molecule is COCCN=C(NN)c1ccc(C(C)(C)C)cc1. The highest BCUT2D eigenvalue weighted by Gasteiger charge is 2.13. The van der Waals surface area contributed by atoms with Gasteiger partial charge in [-0.25, -0.2) is 5.84 Å². The molecule has 0 aliphatic carbocycles. The van der Waals surface area contributed by atoms with Crippen molar-refractivity contribution in [3.8, 4) is 0 Å². The summed E-state index contributed by atoms with van der Waals surface area (Å²) in [6, 6.07) is 8.29. The number of nitrogens with one attached hydrogen (secondary N) is 1. The third-order valence-electron chi connectivity index (χ3n) is 2.73. The number of hydrogen-bond donors (Lipinski definition) is 2. The van der Waals surface area contributed by atoms with Crippen LogP contribution in [0.5, 0.6) is 0 Å². The molecule has 0 unspecified atom stereocenters. The maximum absolute atomic E-state index is 5.49. The van der Waals surface area contributed by atoms with E-state index in [1.54, 1.807) is 7.11 Å². The van der Waals surface area contributed by atoms with E-state index < -0.39 is 0 Å². The van der Waals surface area contributed by atoms with Crippen LogP contribution in [0, 0.1) is 0 Å². The largest absolute Gasteiger partial charge is 0.383 e. The first kappa shape index (κ1) is 14.7. The fourth-order valence-corrected chi connectivity index (χ4v) is 1.60. The topological polar surface area (TPSA) is 59.6 Å². The molecule has 1 rings (SSSR count). The molecular formula is C14H23N3O. The zero-order chi connectivity index (χ0) is 13.6. The Kier molecular flexibility index (Phi) is 5.31. The second-order valence-electron chi connectivity index (χ2n) is 5.19. The lowest BCUT2D eigenvalue weighted by atomic mass is 9.86. The van der Waals surface area contributed by atoms with Crippen molar-refractivity contribution < 1.29 is 4.74 Å². The van der Waals surface area contributed by atoms with Crippen LogP contribution in [-0.2, 0) is 10.2 Å². The Morgan fingerprint density at radius 1 is 1.28 bits per heavy atom. The van der Waals surface area contributed by atoms with Gasteiger partial charge in [-0.2, -0.15) is 0 Å². The number of nitrogens with zero attached hydrogens (tertiary/aromatic N) is 1. The van der Waals surface area contributed by atoms with Crippen molar-refractivity contribution in [1.82, 2.24) is 5.43 Å². The molecule has 0 aliphatic heterocycles. The molecule has 1 aromatic carbocycles. The summed E-state index contributed by atoms with van der Waals surface area (Å²) >= 11 is 0. The van der Waals surface area contributed by atoms with E-state index in [1.807, 2.05) is 12.1 Å². The summed E-state index contributed by atoms with van der Waals surface area (Å²) in [5.74, 6) is 6.18. The number of ether oxygens (including phenoxy) is 1. The van der Waals surface area contributed by atoms with E-state index in [-0.39, 0.29) is 5.41 Å². The first-order valence-corrected chi connectivity index (χ1v) is 6.10. The van der Waals surface area contributed by atoms with Gasteiger partial charge in [0, 0.05) is 12.7 Å². The van der Waals surface area contributed by atoms with Crippen molar-refractivity contribution >= 4 is 5.84 Å². The molecule has 0 heterocycles. The van der Waals surface area contributed by atoms with Crippen LogP contribution in [0.15, 0.2) is 29.3 Å². The number of nitrogens with two attached hydrogens (primary N) is 1. The van der Waals surface area contributed by atoms with Crippen LogP contribution in [-0.4, -0.2) is 26.1 Å². The second kappa shape index (κ2) is 6.52. The molecule has 1 aromatic rings. The zero-order valence-corrected chi connectivity index (χ0v) is 11.7. The summed E-state index contributed by atoms with van der Waals surface area (Å²) in [7, 11) is 1.66. The third kappa shape index (κ3) is 4.13. The van der Waals surface area contributed by atoms with Gasteiger partial charge in [-0.05, 0) is 11.0 Å². The van der Waals surface area contributed by atoms with Gasteiger partial charge in [0.1, 0.15) is 5.84 Å². The molecule has 0 aliphatic rings. The average Bonchev–Trinajstić information content (AvgIpc) is 2.34. The van der Waals surface area contributed by atoms with E-state index >= 15 is 0 Å². The van der Waals surface area contributed by atoms with E-state index in [0.717, 1.165) is 5.56 Å². The normalized spacial score (nSPS) is 12.6. The highest BCUT2D eigenvalue weighted by atomic mass is 16.5. The third-order valence-corrected chi connectivity index (χ3v) is 2.73. The Hall–Kier alpha value is -1.39. The van der Waals surface area contributed by atoms with Crippen molar-refractivity contribution in [2.75, 3.05) is 20.3 Å². The van der Waals surface area contributed by atoms with Gasteiger partial charge in [-0.3, -0.25) is 4.99 Å². The van der Waals surface area contributed by atoms with Crippen molar-refractivity contribution in [3.63, 3.8) is 0 Å². The number of amidine groups is 1. The minimum absolute atomic E-state index is 0.155. The van der Waals surface area contributed by atoms with Gasteiger partial charge in [-0.1, -0.05) is 45.0 Å². The average molecular weight is 249 g/mol. The fourth-order valence-electron chi connectivity index (χ4n) is 1.60. The number of benzene rings is 1. The highest BCUT2D eigenvalue weighted by molar-refractivity contribution is 5.98.